The van der Waals surface area contributed by atoms with Gasteiger partial charge in [0.15, 0.2) is 0 Å². The molecule has 4 N–H and O–H groups in total. The second-order valence-electron chi connectivity index (χ2n) is 7.18. The van der Waals surface area contributed by atoms with Crippen molar-refractivity contribution in [1.82, 2.24) is 21.3 Å². The molecule has 28 heavy (non-hydrogen) atoms. The molecule has 1 aliphatic rings. The predicted octanol–water partition coefficient (Wildman–Crippen LogP) is 2.98. The number of hydrogen-bond acceptors (Lipinski definition) is 4. The van der Waals surface area contributed by atoms with E-state index in [0.29, 0.717) is 38.0 Å². The van der Waals surface area contributed by atoms with Crippen molar-refractivity contribution in [3.63, 3.8) is 0 Å². The molecule has 8 nitrogen and oxygen atoms in total. The summed E-state index contributed by atoms with van der Waals surface area (Å²) in [4.78, 5) is 23.8. The summed E-state index contributed by atoms with van der Waals surface area (Å²) in [6.07, 6.45) is 7.47. The van der Waals surface area contributed by atoms with E-state index in [1.165, 1.54) is 0 Å². The Bertz CT molecular complexity index is 654. The largest absolute Gasteiger partial charge is 0.467 e. The normalized spacial score (nSPS) is 19.0. The third-order valence-corrected chi connectivity index (χ3v) is 5.00. The van der Waals surface area contributed by atoms with Gasteiger partial charge in [-0.05, 0) is 55.4 Å². The number of amides is 4. The summed E-state index contributed by atoms with van der Waals surface area (Å²) in [5.41, 5.74) is 0. The molecule has 0 radical (unpaired) electrons. The zero-order valence-electron chi connectivity index (χ0n) is 15.9. The average molecular weight is 388 g/mol. The maximum Gasteiger partial charge on any atom is 0.315 e. The van der Waals surface area contributed by atoms with Gasteiger partial charge in [0, 0.05) is 13.1 Å². The molecule has 2 atom stereocenters. The van der Waals surface area contributed by atoms with Crippen molar-refractivity contribution in [1.29, 1.82) is 0 Å². The van der Waals surface area contributed by atoms with Crippen LogP contribution in [0.2, 0.25) is 0 Å². The monoisotopic (exact) mass is 388 g/mol. The van der Waals surface area contributed by atoms with Crippen LogP contribution in [0.4, 0.5) is 9.59 Å². The van der Waals surface area contributed by atoms with Crippen molar-refractivity contribution in [2.75, 3.05) is 13.1 Å². The zero-order valence-corrected chi connectivity index (χ0v) is 15.9. The number of hydrogen-bond donors (Lipinski definition) is 4. The highest BCUT2D eigenvalue weighted by Crippen LogP contribution is 2.28. The number of nitrogens with one attached hydrogen (secondary N) is 4. The first-order valence-corrected chi connectivity index (χ1v) is 9.77. The highest BCUT2D eigenvalue weighted by atomic mass is 16.3. The molecular formula is C20H28N4O4. The van der Waals surface area contributed by atoms with Gasteiger partial charge in [0.2, 0.25) is 0 Å². The van der Waals surface area contributed by atoms with Gasteiger partial charge >= 0.3 is 12.1 Å². The summed E-state index contributed by atoms with van der Waals surface area (Å²) in [5, 5.41) is 11.4. The first kappa shape index (κ1) is 19.9. The fraction of sp³-hybridized carbons (Fsp3) is 0.500. The van der Waals surface area contributed by atoms with Crippen LogP contribution in [0.15, 0.2) is 45.6 Å². The van der Waals surface area contributed by atoms with Crippen LogP contribution in [0.25, 0.3) is 0 Å². The second kappa shape index (κ2) is 10.4. The van der Waals surface area contributed by atoms with Crippen LogP contribution in [0.1, 0.15) is 37.2 Å². The summed E-state index contributed by atoms with van der Waals surface area (Å²) in [6, 6.07) is 6.86. The van der Waals surface area contributed by atoms with Crippen LogP contribution in [-0.4, -0.2) is 25.2 Å². The fourth-order valence-electron chi connectivity index (χ4n) is 3.53. The SMILES string of the molecule is O=C(NCc1ccco1)NC[C@H]1CCC[C@@H](CNC(=O)NCc2ccco2)C1. The van der Waals surface area contributed by atoms with E-state index < -0.39 is 0 Å². The van der Waals surface area contributed by atoms with Crippen LogP contribution in [0.3, 0.4) is 0 Å². The molecule has 8 heteroatoms. The number of urea groups is 2. The minimum atomic E-state index is -0.186. The third-order valence-electron chi connectivity index (χ3n) is 5.00. The lowest BCUT2D eigenvalue weighted by atomic mass is 9.81. The number of carbonyl (C=O) groups excluding carboxylic acids is 2. The van der Waals surface area contributed by atoms with Crippen molar-refractivity contribution in [2.24, 2.45) is 11.8 Å². The Labute approximate surface area is 164 Å². The minimum Gasteiger partial charge on any atom is -0.467 e. The molecule has 0 spiro atoms. The molecule has 1 saturated carbocycles. The molecule has 1 aliphatic carbocycles. The van der Waals surface area contributed by atoms with Gasteiger partial charge in [-0.1, -0.05) is 6.42 Å². The van der Waals surface area contributed by atoms with Crippen LogP contribution in [-0.2, 0) is 13.1 Å². The summed E-state index contributed by atoms with van der Waals surface area (Å²) in [5.74, 6) is 2.32. The number of furan rings is 2. The number of rotatable bonds is 8. The topological polar surface area (TPSA) is 109 Å². The second-order valence-corrected chi connectivity index (χ2v) is 7.18. The van der Waals surface area contributed by atoms with E-state index in [9.17, 15) is 9.59 Å². The molecule has 152 valence electrons. The minimum absolute atomic E-state index is 0.186. The smallest absolute Gasteiger partial charge is 0.315 e. The lowest BCUT2D eigenvalue weighted by Gasteiger charge is -2.29. The molecule has 0 bridgehead atoms. The maximum absolute atomic E-state index is 11.9. The molecule has 2 aromatic rings. The summed E-state index contributed by atoms with van der Waals surface area (Å²) in [6.45, 7) is 2.04. The van der Waals surface area contributed by atoms with Gasteiger partial charge in [-0.15, -0.1) is 0 Å². The van der Waals surface area contributed by atoms with Gasteiger partial charge < -0.3 is 30.1 Å². The van der Waals surface area contributed by atoms with Crippen molar-refractivity contribution in [3.8, 4) is 0 Å². The van der Waals surface area contributed by atoms with Crippen molar-refractivity contribution in [3.05, 3.63) is 48.3 Å². The lowest BCUT2D eigenvalue weighted by molar-refractivity contribution is 0.220. The molecule has 2 aromatic heterocycles. The molecule has 0 aliphatic heterocycles. The third kappa shape index (κ3) is 6.68. The quantitative estimate of drug-likeness (QED) is 0.557. The highest BCUT2D eigenvalue weighted by Gasteiger charge is 2.22. The van der Waals surface area contributed by atoms with Crippen molar-refractivity contribution >= 4 is 12.1 Å². The van der Waals surface area contributed by atoms with E-state index in [1.807, 2.05) is 12.1 Å². The van der Waals surface area contributed by atoms with E-state index in [1.54, 1.807) is 24.7 Å². The van der Waals surface area contributed by atoms with Gasteiger partial charge in [0.1, 0.15) is 11.5 Å². The van der Waals surface area contributed by atoms with E-state index in [4.69, 9.17) is 8.83 Å². The Hall–Kier alpha value is -2.90. The van der Waals surface area contributed by atoms with Gasteiger partial charge in [-0.2, -0.15) is 0 Å². The Kier molecular flexibility index (Phi) is 7.40. The van der Waals surface area contributed by atoms with Gasteiger partial charge in [-0.3, -0.25) is 0 Å². The Balaban J connectivity index is 1.29. The van der Waals surface area contributed by atoms with Gasteiger partial charge in [0.05, 0.1) is 25.6 Å². The Morgan fingerprint density at radius 1 is 0.821 bits per heavy atom. The van der Waals surface area contributed by atoms with Crippen molar-refractivity contribution in [2.45, 2.75) is 38.8 Å². The molecule has 1 fully saturated rings. The van der Waals surface area contributed by atoms with E-state index in [2.05, 4.69) is 21.3 Å². The van der Waals surface area contributed by atoms with Gasteiger partial charge in [-0.25, -0.2) is 9.59 Å². The zero-order chi connectivity index (χ0) is 19.6. The molecule has 4 amide bonds. The number of carbonyl (C=O) groups is 2. The van der Waals surface area contributed by atoms with Crippen LogP contribution < -0.4 is 21.3 Å². The van der Waals surface area contributed by atoms with Crippen LogP contribution >= 0.6 is 0 Å². The Morgan fingerprint density at radius 3 is 1.75 bits per heavy atom. The first-order chi connectivity index (χ1) is 13.7. The standard InChI is InChI=1S/C20H28N4O4/c25-19(23-13-17-6-2-8-27-17)21-11-15-4-1-5-16(10-15)12-22-20(26)24-14-18-7-3-9-28-18/h2-3,6-9,15-16H,1,4-5,10-14H2,(H2,21,23,25)(H2,22,24,26)/t15-,16+. The molecule has 0 unspecified atom stereocenters. The predicted molar refractivity (Wildman–Crippen MR) is 103 cm³/mol. The Morgan fingerprint density at radius 2 is 1.32 bits per heavy atom. The highest BCUT2D eigenvalue weighted by molar-refractivity contribution is 5.74. The maximum atomic E-state index is 11.9. The lowest BCUT2D eigenvalue weighted by Crippen LogP contribution is -2.41. The molecule has 0 saturated heterocycles. The molecule has 3 rings (SSSR count). The summed E-state index contributed by atoms with van der Waals surface area (Å²) >= 11 is 0. The van der Waals surface area contributed by atoms with E-state index in [0.717, 1.165) is 37.2 Å². The average Bonchev–Trinajstić information content (AvgIpc) is 3.42. The van der Waals surface area contributed by atoms with Crippen molar-refractivity contribution < 1.29 is 18.4 Å². The first-order valence-electron chi connectivity index (χ1n) is 9.77. The molecular weight excluding hydrogens is 360 g/mol. The van der Waals surface area contributed by atoms with E-state index in [-0.39, 0.29) is 12.1 Å². The van der Waals surface area contributed by atoms with Gasteiger partial charge in [0.25, 0.3) is 0 Å². The summed E-state index contributed by atoms with van der Waals surface area (Å²) < 4.78 is 10.4. The summed E-state index contributed by atoms with van der Waals surface area (Å²) in [7, 11) is 0. The fourth-order valence-corrected chi connectivity index (χ4v) is 3.53. The van der Waals surface area contributed by atoms with Crippen LogP contribution in [0, 0.1) is 11.8 Å². The molecule has 2 heterocycles. The van der Waals surface area contributed by atoms with E-state index >= 15 is 0 Å². The molecule has 0 aromatic carbocycles. The van der Waals surface area contributed by atoms with Crippen LogP contribution in [0.5, 0.6) is 0 Å².